The number of carbonyl (C=O) groups excluding carboxylic acids is 1. The molecule has 0 amide bonds. The average Bonchev–Trinajstić information content (AvgIpc) is 3.10. The van der Waals surface area contributed by atoms with E-state index in [1.165, 1.54) is 6.07 Å². The van der Waals surface area contributed by atoms with Crippen LogP contribution in [0, 0.1) is 0 Å². The summed E-state index contributed by atoms with van der Waals surface area (Å²) in [5.41, 5.74) is 1.66. The number of nitrogens with zero attached hydrogens (tertiary/aromatic N) is 1. The second-order valence-corrected chi connectivity index (χ2v) is 7.87. The van der Waals surface area contributed by atoms with E-state index >= 15 is 0 Å². The van der Waals surface area contributed by atoms with Crippen molar-refractivity contribution in [2.45, 2.75) is 24.8 Å². The Balaban J connectivity index is 1.92. The van der Waals surface area contributed by atoms with Gasteiger partial charge in [0, 0.05) is 13.0 Å². The van der Waals surface area contributed by atoms with Crippen LogP contribution in [0.25, 0.3) is 0 Å². The molecule has 0 unspecified atom stereocenters. The fraction of sp³-hybridized carbons (Fsp3) is 0.316. The van der Waals surface area contributed by atoms with Gasteiger partial charge in [-0.15, -0.1) is 0 Å². The summed E-state index contributed by atoms with van der Waals surface area (Å²) in [6, 6.07) is 14.0. The number of benzene rings is 2. The Kier molecular flexibility index (Phi) is 5.58. The normalized spacial score (nSPS) is 13.3. The van der Waals surface area contributed by atoms with Gasteiger partial charge in [0.15, 0.2) is 0 Å². The highest BCUT2D eigenvalue weighted by Gasteiger charge is 2.28. The topological polar surface area (TPSA) is 72.9 Å². The van der Waals surface area contributed by atoms with E-state index in [2.05, 4.69) is 0 Å². The molecule has 1 aliphatic rings. The Hall–Kier alpha value is -2.38. The van der Waals surface area contributed by atoms with Crippen molar-refractivity contribution in [2.24, 2.45) is 0 Å². The van der Waals surface area contributed by atoms with Gasteiger partial charge >= 0.3 is 5.97 Å². The number of carbonyl (C=O) groups is 1. The molecule has 2 aromatic carbocycles. The summed E-state index contributed by atoms with van der Waals surface area (Å²) in [4.78, 5) is 12.1. The third kappa shape index (κ3) is 4.05. The zero-order chi connectivity index (χ0) is 18.6. The molecule has 0 saturated carbocycles. The first kappa shape index (κ1) is 18.4. The zero-order valence-corrected chi connectivity index (χ0v) is 15.4. The summed E-state index contributed by atoms with van der Waals surface area (Å²) in [5.74, 6) is 0.139. The summed E-state index contributed by atoms with van der Waals surface area (Å²) in [7, 11) is -3.86. The molecule has 0 atom stereocenters. The second kappa shape index (κ2) is 7.88. The molecule has 1 aliphatic heterocycles. The van der Waals surface area contributed by atoms with E-state index in [-0.39, 0.29) is 24.6 Å². The number of ether oxygens (including phenoxy) is 2. The van der Waals surface area contributed by atoms with Crippen LogP contribution in [0.5, 0.6) is 5.75 Å². The average molecular weight is 375 g/mol. The van der Waals surface area contributed by atoms with Crippen LogP contribution in [-0.4, -0.2) is 38.5 Å². The molecule has 0 spiro atoms. The number of sulfonamides is 1. The first-order valence-electron chi connectivity index (χ1n) is 8.46. The number of esters is 1. The SMILES string of the molecule is CCOC(=O)CN(Cc1ccccc1)S(=O)(=O)c1ccc2c(c1)CCO2. The van der Waals surface area contributed by atoms with Gasteiger partial charge in [0.2, 0.25) is 10.0 Å². The van der Waals surface area contributed by atoms with E-state index in [1.807, 2.05) is 30.3 Å². The molecule has 138 valence electrons. The van der Waals surface area contributed by atoms with E-state index < -0.39 is 16.0 Å². The second-order valence-electron chi connectivity index (χ2n) is 5.93. The van der Waals surface area contributed by atoms with Crippen molar-refractivity contribution in [3.8, 4) is 5.75 Å². The lowest BCUT2D eigenvalue weighted by Gasteiger charge is -2.21. The smallest absolute Gasteiger partial charge is 0.321 e. The van der Waals surface area contributed by atoms with Crippen LogP contribution in [-0.2, 0) is 32.5 Å². The van der Waals surface area contributed by atoms with Gasteiger partial charge < -0.3 is 9.47 Å². The summed E-state index contributed by atoms with van der Waals surface area (Å²) in [6.45, 7) is 2.20. The molecule has 26 heavy (non-hydrogen) atoms. The van der Waals surface area contributed by atoms with Crippen LogP contribution < -0.4 is 4.74 Å². The Morgan fingerprint density at radius 3 is 2.69 bits per heavy atom. The van der Waals surface area contributed by atoms with Gasteiger partial charge in [-0.2, -0.15) is 4.31 Å². The molecule has 2 aromatic rings. The highest BCUT2D eigenvalue weighted by atomic mass is 32.2. The number of hydrogen-bond acceptors (Lipinski definition) is 5. The van der Waals surface area contributed by atoms with Crippen molar-refractivity contribution in [1.82, 2.24) is 4.31 Å². The van der Waals surface area contributed by atoms with Crippen molar-refractivity contribution in [3.63, 3.8) is 0 Å². The Bertz CT molecular complexity index is 880. The van der Waals surface area contributed by atoms with Crippen LogP contribution in [0.4, 0.5) is 0 Å². The lowest BCUT2D eigenvalue weighted by atomic mass is 10.2. The lowest BCUT2D eigenvalue weighted by Crippen LogP contribution is -2.36. The van der Waals surface area contributed by atoms with Gasteiger partial charge in [0.1, 0.15) is 12.3 Å². The molecule has 0 aliphatic carbocycles. The van der Waals surface area contributed by atoms with Crippen molar-refractivity contribution < 1.29 is 22.7 Å². The van der Waals surface area contributed by atoms with Crippen molar-refractivity contribution in [3.05, 3.63) is 59.7 Å². The van der Waals surface area contributed by atoms with Crippen LogP contribution in [0.1, 0.15) is 18.1 Å². The maximum absolute atomic E-state index is 13.2. The third-order valence-electron chi connectivity index (χ3n) is 4.11. The van der Waals surface area contributed by atoms with Gasteiger partial charge in [-0.25, -0.2) is 8.42 Å². The van der Waals surface area contributed by atoms with Crippen molar-refractivity contribution in [1.29, 1.82) is 0 Å². The van der Waals surface area contributed by atoms with Gasteiger partial charge in [-0.3, -0.25) is 4.79 Å². The van der Waals surface area contributed by atoms with Crippen LogP contribution in [0.2, 0.25) is 0 Å². The van der Waals surface area contributed by atoms with Gasteiger partial charge in [-0.05, 0) is 36.2 Å². The molecule has 0 N–H and O–H groups in total. The van der Waals surface area contributed by atoms with E-state index in [4.69, 9.17) is 9.47 Å². The summed E-state index contributed by atoms with van der Waals surface area (Å²) < 4.78 is 37.8. The van der Waals surface area contributed by atoms with Gasteiger partial charge in [0.05, 0.1) is 18.1 Å². The Morgan fingerprint density at radius 2 is 1.96 bits per heavy atom. The molecule has 0 saturated heterocycles. The summed E-state index contributed by atoms with van der Waals surface area (Å²) in [5, 5.41) is 0. The van der Waals surface area contributed by atoms with Crippen LogP contribution in [0.3, 0.4) is 0 Å². The minimum absolute atomic E-state index is 0.0928. The predicted octanol–water partition coefficient (Wildman–Crippen LogP) is 2.38. The predicted molar refractivity (Wildman–Crippen MR) is 96.3 cm³/mol. The number of hydrogen-bond donors (Lipinski definition) is 0. The maximum atomic E-state index is 13.2. The third-order valence-corrected chi connectivity index (χ3v) is 5.90. The van der Waals surface area contributed by atoms with E-state index in [9.17, 15) is 13.2 Å². The highest BCUT2D eigenvalue weighted by molar-refractivity contribution is 7.89. The lowest BCUT2D eigenvalue weighted by molar-refractivity contribution is -0.143. The van der Waals surface area contributed by atoms with Crippen molar-refractivity contribution >= 4 is 16.0 Å². The van der Waals surface area contributed by atoms with E-state index in [0.29, 0.717) is 18.8 Å². The first-order valence-corrected chi connectivity index (χ1v) is 9.90. The van der Waals surface area contributed by atoms with Gasteiger partial charge in [0.25, 0.3) is 0 Å². The van der Waals surface area contributed by atoms with Crippen LogP contribution >= 0.6 is 0 Å². The molecule has 1 heterocycles. The van der Waals surface area contributed by atoms with Gasteiger partial charge in [-0.1, -0.05) is 30.3 Å². The fourth-order valence-corrected chi connectivity index (χ4v) is 4.26. The first-order chi connectivity index (χ1) is 12.5. The van der Waals surface area contributed by atoms with Crippen molar-refractivity contribution in [2.75, 3.05) is 19.8 Å². The van der Waals surface area contributed by atoms with Crippen LogP contribution in [0.15, 0.2) is 53.4 Å². The molecular formula is C19H21NO5S. The largest absolute Gasteiger partial charge is 0.493 e. The molecule has 0 radical (unpaired) electrons. The molecule has 6 nitrogen and oxygen atoms in total. The molecule has 0 fully saturated rings. The highest BCUT2D eigenvalue weighted by Crippen LogP contribution is 2.29. The standard InChI is InChI=1S/C19H21NO5S/c1-2-24-19(21)14-20(13-15-6-4-3-5-7-15)26(22,23)17-8-9-18-16(12-17)10-11-25-18/h3-9,12H,2,10-11,13-14H2,1H3. The monoisotopic (exact) mass is 375 g/mol. The number of rotatable bonds is 7. The molecule has 0 aromatic heterocycles. The maximum Gasteiger partial charge on any atom is 0.321 e. The van der Waals surface area contributed by atoms with E-state index in [1.54, 1.807) is 19.1 Å². The molecule has 3 rings (SSSR count). The Labute approximate surface area is 153 Å². The number of fused-ring (bicyclic) bond motifs is 1. The quantitative estimate of drug-likeness (QED) is 0.695. The fourth-order valence-electron chi connectivity index (χ4n) is 2.84. The summed E-state index contributed by atoms with van der Waals surface area (Å²) >= 11 is 0. The van der Waals surface area contributed by atoms with E-state index in [0.717, 1.165) is 15.4 Å². The summed E-state index contributed by atoms with van der Waals surface area (Å²) in [6.07, 6.45) is 0.676. The molecule has 0 bridgehead atoms. The minimum atomic E-state index is -3.86. The molecular weight excluding hydrogens is 354 g/mol. The Morgan fingerprint density at radius 1 is 1.19 bits per heavy atom. The zero-order valence-electron chi connectivity index (χ0n) is 14.6. The minimum Gasteiger partial charge on any atom is -0.493 e. The molecule has 7 heteroatoms.